The molecule has 0 aromatic heterocycles. The fourth-order valence-corrected chi connectivity index (χ4v) is 4.15. The van der Waals surface area contributed by atoms with Crippen LogP contribution in [0, 0.1) is 5.92 Å². The van der Waals surface area contributed by atoms with E-state index in [0.29, 0.717) is 17.8 Å². The molecule has 2 aromatic rings. The molecule has 31 heavy (non-hydrogen) atoms. The van der Waals surface area contributed by atoms with Gasteiger partial charge in [0, 0.05) is 23.6 Å². The van der Waals surface area contributed by atoms with E-state index in [1.165, 1.54) is 5.56 Å². The highest BCUT2D eigenvalue weighted by molar-refractivity contribution is 5.85. The number of aliphatic hydroxyl groups is 1. The average molecular weight is 446 g/mol. The van der Waals surface area contributed by atoms with E-state index in [-0.39, 0.29) is 36.8 Å². The molecule has 1 saturated carbocycles. The summed E-state index contributed by atoms with van der Waals surface area (Å²) in [6.07, 6.45) is 2.74. The van der Waals surface area contributed by atoms with E-state index in [9.17, 15) is 9.90 Å². The highest BCUT2D eigenvalue weighted by Crippen LogP contribution is 2.38. The van der Waals surface area contributed by atoms with Crippen LogP contribution in [0.15, 0.2) is 48.5 Å². The summed E-state index contributed by atoms with van der Waals surface area (Å²) in [6, 6.07) is 17.0. The number of esters is 1. The zero-order valence-corrected chi connectivity index (χ0v) is 19.9. The minimum Gasteiger partial charge on any atom is -0.426 e. The second kappa shape index (κ2) is 11.7. The first kappa shape index (κ1) is 25.4. The van der Waals surface area contributed by atoms with Crippen molar-refractivity contribution in [2.75, 3.05) is 6.54 Å². The van der Waals surface area contributed by atoms with E-state index in [4.69, 9.17) is 4.74 Å². The molecule has 0 bridgehead atoms. The van der Waals surface area contributed by atoms with E-state index in [2.05, 4.69) is 56.9 Å². The summed E-state index contributed by atoms with van der Waals surface area (Å²) in [7, 11) is 0. The molecule has 3 rings (SSSR count). The second-order valence-electron chi connectivity index (χ2n) is 8.90. The second-order valence-corrected chi connectivity index (χ2v) is 8.90. The zero-order chi connectivity index (χ0) is 21.7. The van der Waals surface area contributed by atoms with Crippen LogP contribution in [-0.2, 0) is 11.4 Å². The molecule has 5 heteroatoms. The SMILES string of the molecule is CC(C)N(CCC(c1ccccc1)c1cc(CO)ccc1OC(=O)C1CC1)C(C)C.Cl. The van der Waals surface area contributed by atoms with Crippen LogP contribution in [0.1, 0.15) is 69.6 Å². The summed E-state index contributed by atoms with van der Waals surface area (Å²) >= 11 is 0. The molecular formula is C26H36ClNO3. The maximum absolute atomic E-state index is 12.4. The third-order valence-corrected chi connectivity index (χ3v) is 5.96. The number of benzene rings is 2. The summed E-state index contributed by atoms with van der Waals surface area (Å²) in [6.45, 7) is 9.82. The van der Waals surface area contributed by atoms with Crippen LogP contribution in [0.25, 0.3) is 0 Å². The largest absolute Gasteiger partial charge is 0.426 e. The fourth-order valence-electron chi connectivity index (χ4n) is 4.15. The van der Waals surface area contributed by atoms with Crippen LogP contribution in [0.2, 0.25) is 0 Å². The number of rotatable bonds is 10. The van der Waals surface area contributed by atoms with Crippen molar-refractivity contribution in [3.05, 3.63) is 65.2 Å². The summed E-state index contributed by atoms with van der Waals surface area (Å²) in [5.74, 6) is 0.618. The van der Waals surface area contributed by atoms with Crippen molar-refractivity contribution < 1.29 is 14.6 Å². The Balaban J connectivity index is 0.00000341. The lowest BCUT2D eigenvalue weighted by molar-refractivity contribution is -0.135. The molecule has 1 N–H and O–H groups in total. The van der Waals surface area contributed by atoms with Crippen LogP contribution >= 0.6 is 12.4 Å². The molecule has 0 aliphatic heterocycles. The Labute approximate surface area is 193 Å². The molecule has 0 spiro atoms. The van der Waals surface area contributed by atoms with Gasteiger partial charge in [0.2, 0.25) is 0 Å². The quantitative estimate of drug-likeness (QED) is 0.384. The van der Waals surface area contributed by atoms with Gasteiger partial charge in [-0.15, -0.1) is 12.4 Å². The first-order valence-corrected chi connectivity index (χ1v) is 11.2. The Morgan fingerprint density at radius 3 is 2.26 bits per heavy atom. The molecule has 170 valence electrons. The van der Waals surface area contributed by atoms with Gasteiger partial charge >= 0.3 is 5.97 Å². The van der Waals surface area contributed by atoms with Crippen molar-refractivity contribution in [2.24, 2.45) is 5.92 Å². The third-order valence-electron chi connectivity index (χ3n) is 5.96. The molecule has 0 amide bonds. The Kier molecular flexibility index (Phi) is 9.54. The number of halogens is 1. The van der Waals surface area contributed by atoms with Gasteiger partial charge in [-0.3, -0.25) is 9.69 Å². The monoisotopic (exact) mass is 445 g/mol. The van der Waals surface area contributed by atoms with Crippen molar-refractivity contribution in [3.63, 3.8) is 0 Å². The van der Waals surface area contributed by atoms with Crippen LogP contribution in [-0.4, -0.2) is 34.6 Å². The van der Waals surface area contributed by atoms with Gasteiger partial charge in [-0.05, 0) is 76.8 Å². The highest BCUT2D eigenvalue weighted by Gasteiger charge is 2.32. The molecule has 4 nitrogen and oxygen atoms in total. The van der Waals surface area contributed by atoms with Crippen LogP contribution in [0.4, 0.5) is 0 Å². The molecule has 2 aromatic carbocycles. The van der Waals surface area contributed by atoms with Gasteiger partial charge in [0.1, 0.15) is 5.75 Å². The highest BCUT2D eigenvalue weighted by atomic mass is 35.5. The Bertz CT molecular complexity index is 826. The van der Waals surface area contributed by atoms with E-state index >= 15 is 0 Å². The van der Waals surface area contributed by atoms with Gasteiger partial charge in [-0.1, -0.05) is 36.4 Å². The van der Waals surface area contributed by atoms with Crippen molar-refractivity contribution in [1.29, 1.82) is 0 Å². The standard InChI is InChI=1S/C26H35NO3.ClH/c1-18(2)27(19(3)4)15-14-23(21-8-6-5-7-9-21)24-16-20(17-28)10-13-25(24)30-26(29)22-11-12-22;/h5-10,13,16,18-19,22-23,28H,11-12,14-15,17H2,1-4H3;1H. The molecular weight excluding hydrogens is 410 g/mol. The lowest BCUT2D eigenvalue weighted by Gasteiger charge is -2.32. The Morgan fingerprint density at radius 2 is 1.71 bits per heavy atom. The Morgan fingerprint density at radius 1 is 1.06 bits per heavy atom. The third kappa shape index (κ3) is 6.80. The van der Waals surface area contributed by atoms with Crippen molar-refractivity contribution in [3.8, 4) is 5.75 Å². The molecule has 1 atom stereocenters. The summed E-state index contributed by atoms with van der Waals surface area (Å²) in [5, 5.41) is 9.73. The van der Waals surface area contributed by atoms with Crippen LogP contribution in [0.3, 0.4) is 0 Å². The number of carbonyl (C=O) groups excluding carboxylic acids is 1. The van der Waals surface area contributed by atoms with Crippen molar-refractivity contribution >= 4 is 18.4 Å². The van der Waals surface area contributed by atoms with Crippen LogP contribution in [0.5, 0.6) is 5.75 Å². The van der Waals surface area contributed by atoms with Gasteiger partial charge in [-0.25, -0.2) is 0 Å². The first-order chi connectivity index (χ1) is 14.4. The first-order valence-electron chi connectivity index (χ1n) is 11.2. The zero-order valence-electron chi connectivity index (χ0n) is 19.1. The van der Waals surface area contributed by atoms with Crippen molar-refractivity contribution in [2.45, 2.75) is 71.6 Å². The Hall–Kier alpha value is -1.88. The molecule has 1 aliphatic carbocycles. The fraction of sp³-hybridized carbons (Fsp3) is 0.500. The number of nitrogens with zero attached hydrogens (tertiary/aromatic N) is 1. The number of aliphatic hydroxyl groups excluding tert-OH is 1. The summed E-state index contributed by atoms with van der Waals surface area (Å²) in [4.78, 5) is 14.9. The minimum absolute atomic E-state index is 0. The average Bonchev–Trinajstić information content (AvgIpc) is 3.57. The van der Waals surface area contributed by atoms with E-state index in [1.54, 1.807) is 0 Å². The van der Waals surface area contributed by atoms with Crippen molar-refractivity contribution in [1.82, 2.24) is 4.90 Å². The maximum atomic E-state index is 12.4. The number of ether oxygens (including phenoxy) is 1. The maximum Gasteiger partial charge on any atom is 0.314 e. The minimum atomic E-state index is -0.134. The lowest BCUT2D eigenvalue weighted by atomic mass is 9.86. The van der Waals surface area contributed by atoms with E-state index in [1.807, 2.05) is 24.3 Å². The summed E-state index contributed by atoms with van der Waals surface area (Å²) in [5.41, 5.74) is 3.01. The van der Waals surface area contributed by atoms with Gasteiger partial charge in [0.25, 0.3) is 0 Å². The molecule has 0 heterocycles. The number of hydrogen-bond acceptors (Lipinski definition) is 4. The molecule has 1 fully saturated rings. The molecule has 1 aliphatic rings. The topological polar surface area (TPSA) is 49.8 Å². The van der Waals surface area contributed by atoms with E-state index < -0.39 is 0 Å². The molecule has 1 unspecified atom stereocenters. The van der Waals surface area contributed by atoms with Gasteiger partial charge in [-0.2, -0.15) is 0 Å². The molecule has 0 radical (unpaired) electrons. The normalized spacial score (nSPS) is 14.6. The number of carbonyl (C=O) groups is 1. The smallest absolute Gasteiger partial charge is 0.314 e. The van der Waals surface area contributed by atoms with Gasteiger partial charge < -0.3 is 9.84 Å². The van der Waals surface area contributed by atoms with Gasteiger partial charge in [0.15, 0.2) is 0 Å². The van der Waals surface area contributed by atoms with Gasteiger partial charge in [0.05, 0.1) is 12.5 Å². The molecule has 0 saturated heterocycles. The predicted molar refractivity (Wildman–Crippen MR) is 128 cm³/mol. The lowest BCUT2D eigenvalue weighted by Crippen LogP contribution is -2.38. The van der Waals surface area contributed by atoms with Crippen LogP contribution < -0.4 is 4.74 Å². The number of hydrogen-bond donors (Lipinski definition) is 1. The predicted octanol–water partition coefficient (Wildman–Crippen LogP) is 5.56. The van der Waals surface area contributed by atoms with E-state index in [0.717, 1.165) is 36.9 Å². The summed E-state index contributed by atoms with van der Waals surface area (Å²) < 4.78 is 5.84.